The molecule has 1 atom stereocenters. The number of aromatic nitrogens is 2. The summed E-state index contributed by atoms with van der Waals surface area (Å²) in [4.78, 5) is 12.3. The van der Waals surface area contributed by atoms with Crippen LogP contribution in [0.3, 0.4) is 0 Å². The highest BCUT2D eigenvalue weighted by Gasteiger charge is 2.17. The summed E-state index contributed by atoms with van der Waals surface area (Å²) in [5, 5.41) is 10.5. The van der Waals surface area contributed by atoms with E-state index < -0.39 is 6.61 Å². The van der Waals surface area contributed by atoms with Crippen molar-refractivity contribution in [1.82, 2.24) is 20.4 Å². The molecule has 1 saturated heterocycles. The van der Waals surface area contributed by atoms with Gasteiger partial charge in [0.05, 0.1) is 13.2 Å². The summed E-state index contributed by atoms with van der Waals surface area (Å²) in [6.07, 6.45) is 4.41. The zero-order valence-electron chi connectivity index (χ0n) is 16.1. The largest absolute Gasteiger partial charge is 0.493 e. The van der Waals surface area contributed by atoms with Crippen LogP contribution < -0.4 is 20.1 Å². The third-order valence-corrected chi connectivity index (χ3v) is 4.63. The Morgan fingerprint density at radius 2 is 2.21 bits per heavy atom. The Bertz CT molecular complexity index is 798. The van der Waals surface area contributed by atoms with Crippen LogP contribution in [0.2, 0.25) is 0 Å². The molecule has 0 radical (unpaired) electrons. The van der Waals surface area contributed by atoms with Crippen LogP contribution in [0.25, 0.3) is 0 Å². The molecular weight excluding hydrogens is 406 g/mol. The smallest absolute Gasteiger partial charge is 0.387 e. The van der Waals surface area contributed by atoms with E-state index in [9.17, 15) is 13.6 Å². The fourth-order valence-electron chi connectivity index (χ4n) is 3.20. The highest BCUT2D eigenvalue weighted by molar-refractivity contribution is 5.92. The Morgan fingerprint density at radius 1 is 1.38 bits per heavy atom. The predicted octanol–water partition coefficient (Wildman–Crippen LogP) is 2.81. The molecule has 0 spiro atoms. The molecular formula is C19H25ClF2N4O3. The molecule has 1 aromatic heterocycles. The number of rotatable bonds is 8. The van der Waals surface area contributed by atoms with Crippen LogP contribution >= 0.6 is 12.4 Å². The number of hydrogen-bond donors (Lipinski definition) is 2. The van der Waals surface area contributed by atoms with Gasteiger partial charge in [-0.15, -0.1) is 12.4 Å². The van der Waals surface area contributed by atoms with Crippen molar-refractivity contribution < 1.29 is 23.0 Å². The zero-order valence-corrected chi connectivity index (χ0v) is 16.9. The quantitative estimate of drug-likeness (QED) is 0.673. The molecule has 29 heavy (non-hydrogen) atoms. The molecule has 0 bridgehead atoms. The van der Waals surface area contributed by atoms with E-state index in [0.717, 1.165) is 31.5 Å². The van der Waals surface area contributed by atoms with Crippen LogP contribution in [-0.4, -0.2) is 49.0 Å². The molecule has 1 aliphatic rings. The lowest BCUT2D eigenvalue weighted by atomic mass is 10.1. The first kappa shape index (κ1) is 22.9. The third-order valence-electron chi connectivity index (χ3n) is 4.63. The van der Waals surface area contributed by atoms with Gasteiger partial charge in [-0.3, -0.25) is 9.48 Å². The molecule has 1 fully saturated rings. The summed E-state index contributed by atoms with van der Waals surface area (Å²) >= 11 is 0. The third kappa shape index (κ3) is 6.30. The summed E-state index contributed by atoms with van der Waals surface area (Å²) in [7, 11) is 1.38. The second kappa shape index (κ2) is 11.0. The van der Waals surface area contributed by atoms with Gasteiger partial charge in [-0.05, 0) is 49.6 Å². The van der Waals surface area contributed by atoms with Crippen molar-refractivity contribution in [1.29, 1.82) is 0 Å². The van der Waals surface area contributed by atoms with E-state index in [2.05, 4.69) is 20.5 Å². The minimum atomic E-state index is -2.93. The van der Waals surface area contributed by atoms with Crippen molar-refractivity contribution in [2.45, 2.75) is 31.9 Å². The molecule has 3 rings (SSSR count). The van der Waals surface area contributed by atoms with Gasteiger partial charge in [0, 0.05) is 19.3 Å². The maximum Gasteiger partial charge on any atom is 0.387 e. The SMILES string of the molecule is COc1ccc(CCNC(=O)c2ccn(C3CCCNC3)n2)cc1OC(F)F.Cl. The number of alkyl halides is 2. The second-order valence-electron chi connectivity index (χ2n) is 6.55. The van der Waals surface area contributed by atoms with Gasteiger partial charge < -0.3 is 20.1 Å². The summed E-state index contributed by atoms with van der Waals surface area (Å²) in [6, 6.07) is 6.76. The monoisotopic (exact) mass is 430 g/mol. The molecule has 10 heteroatoms. The van der Waals surface area contributed by atoms with Gasteiger partial charge in [-0.25, -0.2) is 0 Å². The molecule has 1 aliphatic heterocycles. The first-order valence-corrected chi connectivity index (χ1v) is 9.22. The Morgan fingerprint density at radius 3 is 2.90 bits per heavy atom. The number of amides is 1. The van der Waals surface area contributed by atoms with E-state index in [1.165, 1.54) is 13.2 Å². The highest BCUT2D eigenvalue weighted by Crippen LogP contribution is 2.29. The molecule has 7 nitrogen and oxygen atoms in total. The average molecular weight is 431 g/mol. The number of carbonyl (C=O) groups is 1. The molecule has 160 valence electrons. The van der Waals surface area contributed by atoms with Crippen molar-refractivity contribution in [2.75, 3.05) is 26.7 Å². The second-order valence-corrected chi connectivity index (χ2v) is 6.55. The Labute approximate surface area is 174 Å². The number of hydrogen-bond acceptors (Lipinski definition) is 5. The lowest BCUT2D eigenvalue weighted by Crippen LogP contribution is -2.32. The minimum Gasteiger partial charge on any atom is -0.493 e. The Kier molecular flexibility index (Phi) is 8.66. The van der Waals surface area contributed by atoms with Gasteiger partial charge in [0.15, 0.2) is 11.5 Å². The molecule has 0 aliphatic carbocycles. The van der Waals surface area contributed by atoms with Crippen LogP contribution in [0, 0.1) is 0 Å². The fraction of sp³-hybridized carbons (Fsp3) is 0.474. The molecule has 2 heterocycles. The fourth-order valence-corrected chi connectivity index (χ4v) is 3.20. The van der Waals surface area contributed by atoms with Gasteiger partial charge in [0.25, 0.3) is 5.91 Å². The zero-order chi connectivity index (χ0) is 19.9. The van der Waals surface area contributed by atoms with Crippen LogP contribution in [0.1, 0.15) is 34.9 Å². The molecule has 1 aromatic carbocycles. The van der Waals surface area contributed by atoms with E-state index in [-0.39, 0.29) is 35.9 Å². The van der Waals surface area contributed by atoms with Gasteiger partial charge in [0.2, 0.25) is 0 Å². The topological polar surface area (TPSA) is 77.4 Å². The van der Waals surface area contributed by atoms with Crippen molar-refractivity contribution in [3.63, 3.8) is 0 Å². The summed E-state index contributed by atoms with van der Waals surface area (Å²) in [5.74, 6) is -0.0583. The number of nitrogens with zero attached hydrogens (tertiary/aromatic N) is 2. The van der Waals surface area contributed by atoms with E-state index in [1.54, 1.807) is 18.2 Å². The van der Waals surface area contributed by atoms with Crippen molar-refractivity contribution in [2.24, 2.45) is 0 Å². The van der Waals surface area contributed by atoms with Gasteiger partial charge >= 0.3 is 6.61 Å². The van der Waals surface area contributed by atoms with Gasteiger partial charge in [-0.2, -0.15) is 13.9 Å². The minimum absolute atomic E-state index is 0. The maximum atomic E-state index is 12.5. The number of methoxy groups -OCH3 is 1. The van der Waals surface area contributed by atoms with E-state index >= 15 is 0 Å². The van der Waals surface area contributed by atoms with Crippen molar-refractivity contribution in [3.05, 3.63) is 41.7 Å². The van der Waals surface area contributed by atoms with E-state index in [4.69, 9.17) is 4.74 Å². The number of benzene rings is 1. The number of ether oxygens (including phenoxy) is 2. The molecule has 0 saturated carbocycles. The van der Waals surface area contributed by atoms with E-state index in [1.807, 2.05) is 10.9 Å². The number of piperidine rings is 1. The summed E-state index contributed by atoms with van der Waals surface area (Å²) < 4.78 is 36.3. The summed E-state index contributed by atoms with van der Waals surface area (Å²) in [6.45, 7) is -0.723. The highest BCUT2D eigenvalue weighted by atomic mass is 35.5. The van der Waals surface area contributed by atoms with Gasteiger partial charge in [0.1, 0.15) is 5.69 Å². The van der Waals surface area contributed by atoms with Crippen LogP contribution in [0.4, 0.5) is 8.78 Å². The molecule has 2 aromatic rings. The standard InChI is InChI=1S/C19H24F2N4O3.ClH/c1-27-16-5-4-13(11-17(16)28-19(20)21)6-9-23-18(26)15-7-10-25(24-15)14-3-2-8-22-12-14;/h4-5,7,10-11,14,19,22H,2-3,6,8-9,12H2,1H3,(H,23,26);1H. The lowest BCUT2D eigenvalue weighted by Gasteiger charge is -2.22. The lowest BCUT2D eigenvalue weighted by molar-refractivity contribution is -0.0512. The summed E-state index contributed by atoms with van der Waals surface area (Å²) in [5.41, 5.74) is 1.11. The maximum absolute atomic E-state index is 12.5. The van der Waals surface area contributed by atoms with Crippen LogP contribution in [-0.2, 0) is 6.42 Å². The predicted molar refractivity (Wildman–Crippen MR) is 106 cm³/mol. The molecule has 1 amide bonds. The first-order valence-electron chi connectivity index (χ1n) is 9.22. The Hall–Kier alpha value is -2.39. The Balaban J connectivity index is 0.00000300. The van der Waals surface area contributed by atoms with E-state index in [0.29, 0.717) is 18.7 Å². The van der Waals surface area contributed by atoms with Crippen LogP contribution in [0.15, 0.2) is 30.5 Å². The van der Waals surface area contributed by atoms with Gasteiger partial charge in [-0.1, -0.05) is 6.07 Å². The number of carbonyl (C=O) groups excluding carboxylic acids is 1. The average Bonchev–Trinajstić information content (AvgIpc) is 3.19. The number of halogens is 3. The molecule has 2 N–H and O–H groups in total. The van der Waals surface area contributed by atoms with Crippen molar-refractivity contribution >= 4 is 18.3 Å². The van der Waals surface area contributed by atoms with Crippen LogP contribution in [0.5, 0.6) is 11.5 Å². The first-order chi connectivity index (χ1) is 13.6. The number of nitrogens with one attached hydrogen (secondary N) is 2. The van der Waals surface area contributed by atoms with Crippen molar-refractivity contribution in [3.8, 4) is 11.5 Å². The molecule has 1 unspecified atom stereocenters. The normalized spacial score (nSPS) is 16.2.